The maximum atomic E-state index is 5.65. The van der Waals surface area contributed by atoms with Gasteiger partial charge in [-0.2, -0.15) is 0 Å². The molecule has 0 N–H and O–H groups in total. The molecule has 4 nitrogen and oxygen atoms in total. The van der Waals surface area contributed by atoms with Gasteiger partial charge in [-0.3, -0.25) is 0 Å². The quantitative estimate of drug-likeness (QED) is 0.753. The summed E-state index contributed by atoms with van der Waals surface area (Å²) >= 11 is 5.65. The Bertz CT molecular complexity index is 472. The van der Waals surface area contributed by atoms with Crippen molar-refractivity contribution < 1.29 is 4.42 Å². The van der Waals surface area contributed by atoms with Gasteiger partial charge in [-0.15, -0.1) is 16.7 Å². The van der Waals surface area contributed by atoms with E-state index >= 15 is 0 Å². The number of nitrogens with zero attached hydrogens (tertiary/aromatic N) is 3. The van der Waals surface area contributed by atoms with Crippen molar-refractivity contribution in [1.29, 1.82) is 0 Å². The van der Waals surface area contributed by atoms with Gasteiger partial charge in [-0.1, -0.05) is 35.4 Å². The van der Waals surface area contributed by atoms with Gasteiger partial charge >= 0.3 is 6.01 Å². The summed E-state index contributed by atoms with van der Waals surface area (Å²) in [6.45, 7) is 3.64. The molecule has 0 aliphatic rings. The van der Waals surface area contributed by atoms with Crippen molar-refractivity contribution in [3.63, 3.8) is 0 Å². The molecule has 1 heterocycles. The van der Waals surface area contributed by atoms with Crippen LogP contribution in [0.15, 0.2) is 34.7 Å². The Labute approximate surface area is 112 Å². The monoisotopic (exact) mass is 265 g/mol. The van der Waals surface area contributed by atoms with Gasteiger partial charge in [0.2, 0.25) is 5.89 Å². The molecule has 0 bridgehead atoms. The molecule has 96 valence electrons. The molecule has 0 atom stereocenters. The van der Waals surface area contributed by atoms with E-state index in [1.54, 1.807) is 0 Å². The number of halogens is 1. The highest BCUT2D eigenvalue weighted by Gasteiger charge is 2.12. The van der Waals surface area contributed by atoms with E-state index in [1.165, 1.54) is 5.56 Å². The molecule has 2 rings (SSSR count). The van der Waals surface area contributed by atoms with Gasteiger partial charge in [0.15, 0.2) is 0 Å². The Morgan fingerprint density at radius 3 is 2.67 bits per heavy atom. The summed E-state index contributed by atoms with van der Waals surface area (Å²) in [6, 6.07) is 10.8. The zero-order chi connectivity index (χ0) is 12.8. The molecular formula is C13H16ClN3O. The van der Waals surface area contributed by atoms with Gasteiger partial charge < -0.3 is 9.32 Å². The van der Waals surface area contributed by atoms with E-state index in [2.05, 4.69) is 29.3 Å². The third-order valence-electron chi connectivity index (χ3n) is 2.63. The SMILES string of the molecule is CCN(Cc1ccccc1)c1nnc(CCCl)o1. The van der Waals surface area contributed by atoms with Gasteiger partial charge in [-0.25, -0.2) is 0 Å². The first kappa shape index (κ1) is 12.9. The van der Waals surface area contributed by atoms with Crippen molar-refractivity contribution >= 4 is 17.6 Å². The lowest BCUT2D eigenvalue weighted by Gasteiger charge is -2.17. The van der Waals surface area contributed by atoms with Crippen LogP contribution in [0, 0.1) is 0 Å². The van der Waals surface area contributed by atoms with Gasteiger partial charge in [0, 0.05) is 25.4 Å². The molecule has 0 radical (unpaired) electrons. The lowest BCUT2D eigenvalue weighted by atomic mass is 10.2. The molecule has 0 fully saturated rings. The summed E-state index contributed by atoms with van der Waals surface area (Å²) < 4.78 is 5.57. The Kier molecular flexibility index (Phi) is 4.59. The molecule has 0 saturated carbocycles. The highest BCUT2D eigenvalue weighted by Crippen LogP contribution is 2.15. The van der Waals surface area contributed by atoms with E-state index in [1.807, 2.05) is 23.1 Å². The molecule has 18 heavy (non-hydrogen) atoms. The van der Waals surface area contributed by atoms with Crippen LogP contribution in [0.3, 0.4) is 0 Å². The maximum Gasteiger partial charge on any atom is 0.318 e. The highest BCUT2D eigenvalue weighted by atomic mass is 35.5. The van der Waals surface area contributed by atoms with Crippen molar-refractivity contribution in [3.05, 3.63) is 41.8 Å². The van der Waals surface area contributed by atoms with Crippen LogP contribution < -0.4 is 4.90 Å². The summed E-state index contributed by atoms with van der Waals surface area (Å²) in [5.41, 5.74) is 1.22. The zero-order valence-corrected chi connectivity index (χ0v) is 11.1. The minimum absolute atomic E-state index is 0.493. The molecule has 1 aromatic carbocycles. The van der Waals surface area contributed by atoms with Crippen LogP contribution in [0.25, 0.3) is 0 Å². The van der Waals surface area contributed by atoms with Crippen molar-refractivity contribution in [3.8, 4) is 0 Å². The minimum Gasteiger partial charge on any atom is -0.408 e. The Morgan fingerprint density at radius 2 is 2.00 bits per heavy atom. The fourth-order valence-corrected chi connectivity index (χ4v) is 1.83. The van der Waals surface area contributed by atoms with Crippen LogP contribution in [-0.2, 0) is 13.0 Å². The predicted molar refractivity (Wildman–Crippen MR) is 71.9 cm³/mol. The Morgan fingerprint density at radius 1 is 1.22 bits per heavy atom. The number of hydrogen-bond acceptors (Lipinski definition) is 4. The molecule has 0 spiro atoms. The fourth-order valence-electron chi connectivity index (χ4n) is 1.67. The molecule has 1 aromatic heterocycles. The number of alkyl halides is 1. The van der Waals surface area contributed by atoms with E-state index in [4.69, 9.17) is 16.0 Å². The van der Waals surface area contributed by atoms with E-state index < -0.39 is 0 Å². The van der Waals surface area contributed by atoms with E-state index in [9.17, 15) is 0 Å². The molecule has 0 saturated heterocycles. The first-order valence-electron chi connectivity index (χ1n) is 6.00. The summed E-state index contributed by atoms with van der Waals surface area (Å²) in [4.78, 5) is 2.04. The third kappa shape index (κ3) is 3.23. The number of aromatic nitrogens is 2. The molecule has 5 heteroatoms. The minimum atomic E-state index is 0.493. The average Bonchev–Trinajstić information content (AvgIpc) is 2.86. The standard InChI is InChI=1S/C13H16ClN3O/c1-2-17(10-11-6-4-3-5-7-11)13-16-15-12(18-13)8-9-14/h3-7H,2,8-10H2,1H3. The summed E-state index contributed by atoms with van der Waals surface area (Å²) in [7, 11) is 0. The van der Waals surface area contributed by atoms with Crippen LogP contribution in [0.2, 0.25) is 0 Å². The normalized spacial score (nSPS) is 10.6. The number of aryl methyl sites for hydroxylation is 1. The second-order valence-corrected chi connectivity index (χ2v) is 4.30. The van der Waals surface area contributed by atoms with Gasteiger partial charge in [0.05, 0.1) is 0 Å². The topological polar surface area (TPSA) is 42.2 Å². The number of hydrogen-bond donors (Lipinski definition) is 0. The number of anilines is 1. The van der Waals surface area contributed by atoms with Crippen LogP contribution in [0.1, 0.15) is 18.4 Å². The second-order valence-electron chi connectivity index (χ2n) is 3.92. The molecule has 0 unspecified atom stereocenters. The first-order chi connectivity index (χ1) is 8.83. The molecular weight excluding hydrogens is 250 g/mol. The van der Waals surface area contributed by atoms with Gasteiger partial charge in [-0.05, 0) is 12.5 Å². The van der Waals surface area contributed by atoms with E-state index in [0.717, 1.165) is 13.1 Å². The van der Waals surface area contributed by atoms with Crippen molar-refractivity contribution in [2.75, 3.05) is 17.3 Å². The average molecular weight is 266 g/mol. The summed E-state index contributed by atoms with van der Waals surface area (Å²) in [5, 5.41) is 8.03. The first-order valence-corrected chi connectivity index (χ1v) is 6.54. The summed E-state index contributed by atoms with van der Waals surface area (Å²) in [5.74, 6) is 1.08. The Balaban J connectivity index is 2.08. The van der Waals surface area contributed by atoms with Crippen molar-refractivity contribution in [1.82, 2.24) is 10.2 Å². The molecule has 0 aliphatic heterocycles. The van der Waals surface area contributed by atoms with Crippen LogP contribution >= 0.6 is 11.6 Å². The largest absolute Gasteiger partial charge is 0.408 e. The van der Waals surface area contributed by atoms with Crippen molar-refractivity contribution in [2.24, 2.45) is 0 Å². The van der Waals surface area contributed by atoms with Crippen LogP contribution in [-0.4, -0.2) is 22.6 Å². The maximum absolute atomic E-state index is 5.65. The fraction of sp³-hybridized carbons (Fsp3) is 0.385. The highest BCUT2D eigenvalue weighted by molar-refractivity contribution is 6.17. The number of benzene rings is 1. The smallest absolute Gasteiger partial charge is 0.318 e. The van der Waals surface area contributed by atoms with Gasteiger partial charge in [0.1, 0.15) is 0 Å². The molecule has 2 aromatic rings. The molecule has 0 aliphatic carbocycles. The predicted octanol–water partition coefficient (Wildman–Crippen LogP) is 2.88. The summed E-state index contributed by atoms with van der Waals surface area (Å²) in [6.07, 6.45) is 0.609. The number of rotatable bonds is 6. The zero-order valence-electron chi connectivity index (χ0n) is 10.3. The third-order valence-corrected chi connectivity index (χ3v) is 2.82. The lowest BCUT2D eigenvalue weighted by molar-refractivity contribution is 0.489. The van der Waals surface area contributed by atoms with E-state index in [0.29, 0.717) is 24.2 Å². The van der Waals surface area contributed by atoms with E-state index in [-0.39, 0.29) is 0 Å². The van der Waals surface area contributed by atoms with Crippen LogP contribution in [0.5, 0.6) is 0 Å². The van der Waals surface area contributed by atoms with Crippen molar-refractivity contribution in [2.45, 2.75) is 19.9 Å². The molecule has 0 amide bonds. The Hall–Kier alpha value is -1.55. The van der Waals surface area contributed by atoms with Gasteiger partial charge in [0.25, 0.3) is 0 Å². The lowest BCUT2D eigenvalue weighted by Crippen LogP contribution is -2.22. The second kappa shape index (κ2) is 6.40. The van der Waals surface area contributed by atoms with Crippen LogP contribution in [0.4, 0.5) is 6.01 Å².